The normalized spacial score (nSPS) is 47.0. The maximum atomic E-state index is 5.68. The van der Waals surface area contributed by atoms with Crippen LogP contribution in [0, 0.1) is 17.8 Å². The van der Waals surface area contributed by atoms with Crippen LogP contribution in [0.15, 0.2) is 0 Å². The highest BCUT2D eigenvalue weighted by Crippen LogP contribution is 2.50. The van der Waals surface area contributed by atoms with Crippen molar-refractivity contribution in [2.75, 3.05) is 6.61 Å². The smallest absolute Gasteiger partial charge is 0.0949 e. The highest BCUT2D eigenvalue weighted by atomic mass is 16.6. The van der Waals surface area contributed by atoms with E-state index < -0.39 is 0 Å². The molecule has 2 fully saturated rings. The van der Waals surface area contributed by atoms with E-state index in [-0.39, 0.29) is 0 Å². The second kappa shape index (κ2) is 2.73. The van der Waals surface area contributed by atoms with Crippen molar-refractivity contribution in [1.82, 2.24) is 0 Å². The second-order valence-corrected chi connectivity index (χ2v) is 5.09. The molecule has 12 heavy (non-hydrogen) atoms. The first-order valence-corrected chi connectivity index (χ1v) is 5.28. The summed E-state index contributed by atoms with van der Waals surface area (Å²) in [6, 6.07) is 0. The summed E-state index contributed by atoms with van der Waals surface area (Å²) in [7, 11) is 0. The molecule has 0 amide bonds. The Bertz CT molecular complexity index is 170. The van der Waals surface area contributed by atoms with E-state index in [1.54, 1.807) is 0 Å². The standard InChI is InChI=1S/C11H20O/c1-8(2)10-5-4-9(3)6-11(10)7-12-11/h8-10H,4-7H2,1-3H3. The molecule has 2 rings (SSSR count). The van der Waals surface area contributed by atoms with Gasteiger partial charge in [-0.25, -0.2) is 0 Å². The zero-order valence-electron chi connectivity index (χ0n) is 8.47. The minimum absolute atomic E-state index is 0.339. The van der Waals surface area contributed by atoms with E-state index in [0.29, 0.717) is 5.60 Å². The van der Waals surface area contributed by atoms with E-state index in [1.807, 2.05) is 0 Å². The van der Waals surface area contributed by atoms with Crippen molar-refractivity contribution in [3.8, 4) is 0 Å². The Morgan fingerprint density at radius 2 is 2.00 bits per heavy atom. The molecule has 0 aromatic rings. The Kier molecular flexibility index (Phi) is 1.95. The van der Waals surface area contributed by atoms with Gasteiger partial charge in [-0.15, -0.1) is 0 Å². The highest BCUT2D eigenvalue weighted by Gasteiger charge is 2.54. The predicted molar refractivity (Wildman–Crippen MR) is 50.0 cm³/mol. The molecule has 3 unspecified atom stereocenters. The summed E-state index contributed by atoms with van der Waals surface area (Å²) in [4.78, 5) is 0. The quantitative estimate of drug-likeness (QED) is 0.548. The van der Waals surface area contributed by atoms with Crippen molar-refractivity contribution in [1.29, 1.82) is 0 Å². The molecule has 1 saturated heterocycles. The van der Waals surface area contributed by atoms with Crippen molar-refractivity contribution in [3.05, 3.63) is 0 Å². The third kappa shape index (κ3) is 1.28. The molecule has 0 bridgehead atoms. The first-order chi connectivity index (χ1) is 5.64. The van der Waals surface area contributed by atoms with Gasteiger partial charge in [-0.2, -0.15) is 0 Å². The Balaban J connectivity index is 2.05. The molecule has 3 atom stereocenters. The molecule has 0 aromatic heterocycles. The molecule has 1 aliphatic carbocycles. The molecule has 1 aliphatic heterocycles. The molecule has 0 N–H and O–H groups in total. The fourth-order valence-corrected chi connectivity index (χ4v) is 2.94. The fourth-order valence-electron chi connectivity index (χ4n) is 2.94. The average molecular weight is 168 g/mol. The first kappa shape index (κ1) is 8.55. The summed E-state index contributed by atoms with van der Waals surface area (Å²) in [5.74, 6) is 2.54. The van der Waals surface area contributed by atoms with Gasteiger partial charge < -0.3 is 4.74 Å². The van der Waals surface area contributed by atoms with Gasteiger partial charge in [0.25, 0.3) is 0 Å². The summed E-state index contributed by atoms with van der Waals surface area (Å²) in [6.45, 7) is 8.08. The van der Waals surface area contributed by atoms with Crippen molar-refractivity contribution in [2.45, 2.75) is 45.6 Å². The van der Waals surface area contributed by atoms with E-state index >= 15 is 0 Å². The van der Waals surface area contributed by atoms with Crippen molar-refractivity contribution >= 4 is 0 Å². The minimum Gasteiger partial charge on any atom is -0.369 e. The van der Waals surface area contributed by atoms with Crippen LogP contribution < -0.4 is 0 Å². The molecular formula is C11H20O. The summed E-state index contributed by atoms with van der Waals surface area (Å²) >= 11 is 0. The SMILES string of the molecule is CC1CCC(C(C)C)C2(CO2)C1. The van der Waals surface area contributed by atoms with Gasteiger partial charge in [-0.1, -0.05) is 27.2 Å². The zero-order valence-corrected chi connectivity index (χ0v) is 8.47. The van der Waals surface area contributed by atoms with E-state index in [0.717, 1.165) is 24.4 Å². The summed E-state index contributed by atoms with van der Waals surface area (Å²) in [5.41, 5.74) is 0.339. The minimum atomic E-state index is 0.339. The maximum absolute atomic E-state index is 5.68. The molecule has 0 radical (unpaired) electrons. The second-order valence-electron chi connectivity index (χ2n) is 5.09. The van der Waals surface area contributed by atoms with Gasteiger partial charge in [0.15, 0.2) is 0 Å². The van der Waals surface area contributed by atoms with Gasteiger partial charge >= 0.3 is 0 Å². The Hall–Kier alpha value is -0.0400. The van der Waals surface area contributed by atoms with Gasteiger partial charge in [0.05, 0.1) is 12.2 Å². The molecule has 1 saturated carbocycles. The molecular weight excluding hydrogens is 148 g/mol. The van der Waals surface area contributed by atoms with Crippen LogP contribution in [-0.2, 0) is 4.74 Å². The van der Waals surface area contributed by atoms with Crippen LogP contribution in [0.4, 0.5) is 0 Å². The maximum Gasteiger partial charge on any atom is 0.0949 e. The largest absolute Gasteiger partial charge is 0.369 e. The number of rotatable bonds is 1. The monoisotopic (exact) mass is 168 g/mol. The molecule has 1 heteroatoms. The lowest BCUT2D eigenvalue weighted by Gasteiger charge is -2.35. The molecule has 1 heterocycles. The summed E-state index contributed by atoms with van der Waals surface area (Å²) in [5, 5.41) is 0. The lowest BCUT2D eigenvalue weighted by atomic mass is 9.70. The third-order valence-corrected chi connectivity index (χ3v) is 3.66. The average Bonchev–Trinajstić information content (AvgIpc) is 2.68. The molecule has 1 spiro atoms. The Labute approximate surface area is 75.5 Å². The van der Waals surface area contributed by atoms with Gasteiger partial charge in [-0.3, -0.25) is 0 Å². The van der Waals surface area contributed by atoms with Gasteiger partial charge in [-0.05, 0) is 30.6 Å². The van der Waals surface area contributed by atoms with Gasteiger partial charge in [0, 0.05) is 0 Å². The lowest BCUT2D eigenvalue weighted by molar-refractivity contribution is 0.0953. The highest BCUT2D eigenvalue weighted by molar-refractivity contribution is 5.02. The Morgan fingerprint density at radius 3 is 2.50 bits per heavy atom. The number of hydrogen-bond donors (Lipinski definition) is 0. The Morgan fingerprint density at radius 1 is 1.33 bits per heavy atom. The fraction of sp³-hybridized carbons (Fsp3) is 1.00. The third-order valence-electron chi connectivity index (χ3n) is 3.66. The van der Waals surface area contributed by atoms with E-state index in [9.17, 15) is 0 Å². The summed E-state index contributed by atoms with van der Waals surface area (Å²) < 4.78 is 5.68. The van der Waals surface area contributed by atoms with Crippen LogP contribution in [0.3, 0.4) is 0 Å². The number of hydrogen-bond acceptors (Lipinski definition) is 1. The lowest BCUT2D eigenvalue weighted by Crippen LogP contribution is -2.35. The first-order valence-electron chi connectivity index (χ1n) is 5.28. The topological polar surface area (TPSA) is 12.5 Å². The molecule has 0 aromatic carbocycles. The van der Waals surface area contributed by atoms with E-state index in [2.05, 4.69) is 20.8 Å². The molecule has 70 valence electrons. The van der Waals surface area contributed by atoms with E-state index in [1.165, 1.54) is 19.3 Å². The van der Waals surface area contributed by atoms with Crippen LogP contribution in [0.25, 0.3) is 0 Å². The van der Waals surface area contributed by atoms with Crippen LogP contribution in [-0.4, -0.2) is 12.2 Å². The zero-order chi connectivity index (χ0) is 8.77. The van der Waals surface area contributed by atoms with Gasteiger partial charge in [0.1, 0.15) is 0 Å². The van der Waals surface area contributed by atoms with Crippen LogP contribution >= 0.6 is 0 Å². The van der Waals surface area contributed by atoms with Crippen LogP contribution in [0.5, 0.6) is 0 Å². The van der Waals surface area contributed by atoms with Crippen LogP contribution in [0.1, 0.15) is 40.0 Å². The van der Waals surface area contributed by atoms with Crippen molar-refractivity contribution in [2.24, 2.45) is 17.8 Å². The van der Waals surface area contributed by atoms with Crippen LogP contribution in [0.2, 0.25) is 0 Å². The van der Waals surface area contributed by atoms with Gasteiger partial charge in [0.2, 0.25) is 0 Å². The molecule has 2 aliphatic rings. The molecule has 1 nitrogen and oxygen atoms in total. The number of epoxide rings is 1. The number of ether oxygens (including phenoxy) is 1. The van der Waals surface area contributed by atoms with Crippen molar-refractivity contribution < 1.29 is 4.74 Å². The summed E-state index contributed by atoms with van der Waals surface area (Å²) in [6.07, 6.45) is 4.11. The van der Waals surface area contributed by atoms with Crippen molar-refractivity contribution in [3.63, 3.8) is 0 Å². The predicted octanol–water partition coefficient (Wildman–Crippen LogP) is 2.85. The van der Waals surface area contributed by atoms with E-state index in [4.69, 9.17) is 4.74 Å².